The summed E-state index contributed by atoms with van der Waals surface area (Å²) in [5.41, 5.74) is 0.765. The predicted octanol–water partition coefficient (Wildman–Crippen LogP) is 1.75. The first-order valence-corrected chi connectivity index (χ1v) is 7.32. The molecule has 1 amide bonds. The Morgan fingerprint density at radius 1 is 1.24 bits per heavy atom. The number of nitrogens with one attached hydrogen (secondary N) is 2. The second-order valence-electron chi connectivity index (χ2n) is 5.13. The van der Waals surface area contributed by atoms with Crippen LogP contribution in [0.5, 0.6) is 0 Å². The van der Waals surface area contributed by atoms with E-state index in [4.69, 9.17) is 0 Å². The average Bonchev–Trinajstić information content (AvgIpc) is 2.47. The summed E-state index contributed by atoms with van der Waals surface area (Å²) < 4.78 is 0. The Morgan fingerprint density at radius 2 is 1.90 bits per heavy atom. The standard InChI is InChI=1S/C16H24N2O3/c1-3-12(2)18-15(19)9-10-17-11-14(16(20)21)13-7-5-4-6-8-13/h4-8,12,14,17H,3,9-11H2,1-2H3,(H,18,19)(H,20,21). The second-order valence-corrected chi connectivity index (χ2v) is 5.13. The van der Waals surface area contributed by atoms with Gasteiger partial charge in [0.15, 0.2) is 0 Å². The van der Waals surface area contributed by atoms with Gasteiger partial charge in [-0.25, -0.2) is 0 Å². The highest BCUT2D eigenvalue weighted by Crippen LogP contribution is 2.14. The molecule has 0 aliphatic carbocycles. The summed E-state index contributed by atoms with van der Waals surface area (Å²) in [6, 6.07) is 9.28. The van der Waals surface area contributed by atoms with Gasteiger partial charge in [-0.1, -0.05) is 37.3 Å². The molecule has 0 spiro atoms. The van der Waals surface area contributed by atoms with E-state index in [2.05, 4.69) is 10.6 Å². The van der Waals surface area contributed by atoms with E-state index in [-0.39, 0.29) is 11.9 Å². The topological polar surface area (TPSA) is 78.4 Å². The first-order valence-electron chi connectivity index (χ1n) is 7.32. The molecule has 116 valence electrons. The lowest BCUT2D eigenvalue weighted by atomic mass is 9.99. The van der Waals surface area contributed by atoms with Gasteiger partial charge in [-0.2, -0.15) is 0 Å². The zero-order chi connectivity index (χ0) is 15.7. The average molecular weight is 292 g/mol. The van der Waals surface area contributed by atoms with Crippen LogP contribution in [0.3, 0.4) is 0 Å². The normalized spacial score (nSPS) is 13.4. The Morgan fingerprint density at radius 3 is 2.48 bits per heavy atom. The molecule has 3 N–H and O–H groups in total. The Kier molecular flexibility index (Phi) is 7.46. The van der Waals surface area contributed by atoms with Crippen LogP contribution in [0.2, 0.25) is 0 Å². The van der Waals surface area contributed by atoms with Crippen molar-refractivity contribution in [2.75, 3.05) is 13.1 Å². The smallest absolute Gasteiger partial charge is 0.312 e. The molecule has 0 aliphatic rings. The van der Waals surface area contributed by atoms with Gasteiger partial charge >= 0.3 is 5.97 Å². The fourth-order valence-corrected chi connectivity index (χ4v) is 1.93. The number of carboxylic acid groups (broad SMARTS) is 1. The molecular weight excluding hydrogens is 268 g/mol. The molecule has 0 bridgehead atoms. The summed E-state index contributed by atoms with van der Waals surface area (Å²) in [6.45, 7) is 4.76. The molecule has 5 nitrogen and oxygen atoms in total. The van der Waals surface area contributed by atoms with Crippen LogP contribution in [0.15, 0.2) is 30.3 Å². The third kappa shape index (κ3) is 6.40. The summed E-state index contributed by atoms with van der Waals surface area (Å²) in [4.78, 5) is 22.9. The number of hydrogen-bond acceptors (Lipinski definition) is 3. The lowest BCUT2D eigenvalue weighted by molar-refractivity contribution is -0.138. The molecule has 0 aromatic heterocycles. The maximum Gasteiger partial charge on any atom is 0.312 e. The van der Waals surface area contributed by atoms with Gasteiger partial charge in [-0.15, -0.1) is 0 Å². The number of aliphatic carboxylic acids is 1. The van der Waals surface area contributed by atoms with Crippen LogP contribution in [0.25, 0.3) is 0 Å². The highest BCUT2D eigenvalue weighted by atomic mass is 16.4. The number of carboxylic acids is 1. The van der Waals surface area contributed by atoms with E-state index in [1.807, 2.05) is 32.0 Å². The van der Waals surface area contributed by atoms with Crippen LogP contribution in [0.4, 0.5) is 0 Å². The minimum atomic E-state index is -0.863. The zero-order valence-electron chi connectivity index (χ0n) is 12.6. The van der Waals surface area contributed by atoms with E-state index in [1.165, 1.54) is 0 Å². The third-order valence-electron chi connectivity index (χ3n) is 3.40. The van der Waals surface area contributed by atoms with E-state index in [0.717, 1.165) is 12.0 Å². The van der Waals surface area contributed by atoms with E-state index in [0.29, 0.717) is 19.5 Å². The maximum absolute atomic E-state index is 11.6. The molecule has 2 atom stereocenters. The Hall–Kier alpha value is -1.88. The van der Waals surface area contributed by atoms with Crippen molar-refractivity contribution in [3.05, 3.63) is 35.9 Å². The fourth-order valence-electron chi connectivity index (χ4n) is 1.93. The Bertz CT molecular complexity index is 448. The number of amides is 1. The molecule has 0 saturated heterocycles. The van der Waals surface area contributed by atoms with Crippen molar-refractivity contribution in [1.82, 2.24) is 10.6 Å². The predicted molar refractivity (Wildman–Crippen MR) is 82.2 cm³/mol. The lowest BCUT2D eigenvalue weighted by Gasteiger charge is -2.14. The summed E-state index contributed by atoms with van der Waals surface area (Å²) in [7, 11) is 0. The number of rotatable bonds is 9. The highest BCUT2D eigenvalue weighted by molar-refractivity contribution is 5.77. The fraction of sp³-hybridized carbons (Fsp3) is 0.500. The third-order valence-corrected chi connectivity index (χ3v) is 3.40. The van der Waals surface area contributed by atoms with Crippen molar-refractivity contribution in [2.24, 2.45) is 0 Å². The van der Waals surface area contributed by atoms with Crippen LogP contribution < -0.4 is 10.6 Å². The van der Waals surface area contributed by atoms with Crippen LogP contribution in [0.1, 0.15) is 38.2 Å². The highest BCUT2D eigenvalue weighted by Gasteiger charge is 2.18. The van der Waals surface area contributed by atoms with Gasteiger partial charge in [0.1, 0.15) is 0 Å². The van der Waals surface area contributed by atoms with Gasteiger partial charge in [0.05, 0.1) is 5.92 Å². The van der Waals surface area contributed by atoms with Crippen molar-refractivity contribution in [2.45, 2.75) is 38.6 Å². The Balaban J connectivity index is 2.35. The van der Waals surface area contributed by atoms with Gasteiger partial charge in [0, 0.05) is 25.6 Å². The van der Waals surface area contributed by atoms with Crippen LogP contribution in [-0.2, 0) is 9.59 Å². The SMILES string of the molecule is CCC(C)NC(=O)CCNCC(C(=O)O)c1ccccc1. The number of carbonyl (C=O) groups excluding carboxylic acids is 1. The largest absolute Gasteiger partial charge is 0.481 e. The summed E-state index contributed by atoms with van der Waals surface area (Å²) >= 11 is 0. The maximum atomic E-state index is 11.6. The van der Waals surface area contributed by atoms with Crippen LogP contribution in [-0.4, -0.2) is 36.1 Å². The number of hydrogen-bond donors (Lipinski definition) is 3. The van der Waals surface area contributed by atoms with Gasteiger partial charge in [0.25, 0.3) is 0 Å². The van der Waals surface area contributed by atoms with Crippen molar-refractivity contribution in [3.63, 3.8) is 0 Å². The molecule has 5 heteroatoms. The Labute approximate surface area is 125 Å². The van der Waals surface area contributed by atoms with Crippen molar-refractivity contribution in [1.29, 1.82) is 0 Å². The molecule has 21 heavy (non-hydrogen) atoms. The van der Waals surface area contributed by atoms with Crippen molar-refractivity contribution >= 4 is 11.9 Å². The molecule has 1 aromatic carbocycles. The second kappa shape index (κ2) is 9.13. The number of carbonyl (C=O) groups is 2. The van der Waals surface area contributed by atoms with E-state index in [9.17, 15) is 14.7 Å². The molecule has 0 aliphatic heterocycles. The molecule has 2 unspecified atom stereocenters. The molecule has 0 radical (unpaired) electrons. The molecule has 0 saturated carbocycles. The minimum absolute atomic E-state index is 0.0107. The van der Waals surface area contributed by atoms with Gasteiger partial charge in [-0.3, -0.25) is 9.59 Å². The molecule has 0 heterocycles. The monoisotopic (exact) mass is 292 g/mol. The quantitative estimate of drug-likeness (QED) is 0.606. The first kappa shape index (κ1) is 17.2. The van der Waals surface area contributed by atoms with E-state index < -0.39 is 11.9 Å². The van der Waals surface area contributed by atoms with Gasteiger partial charge < -0.3 is 15.7 Å². The molecule has 1 rings (SSSR count). The summed E-state index contributed by atoms with van der Waals surface area (Å²) in [5, 5.41) is 15.2. The van der Waals surface area contributed by atoms with E-state index in [1.54, 1.807) is 12.1 Å². The van der Waals surface area contributed by atoms with Crippen LogP contribution >= 0.6 is 0 Å². The van der Waals surface area contributed by atoms with Crippen molar-refractivity contribution < 1.29 is 14.7 Å². The van der Waals surface area contributed by atoms with E-state index >= 15 is 0 Å². The van der Waals surface area contributed by atoms with Gasteiger partial charge in [0.2, 0.25) is 5.91 Å². The minimum Gasteiger partial charge on any atom is -0.481 e. The van der Waals surface area contributed by atoms with Crippen molar-refractivity contribution in [3.8, 4) is 0 Å². The van der Waals surface area contributed by atoms with Crippen LogP contribution in [0, 0.1) is 0 Å². The molecular formula is C16H24N2O3. The van der Waals surface area contributed by atoms with Gasteiger partial charge in [-0.05, 0) is 18.9 Å². The molecule has 0 fully saturated rings. The molecule has 1 aromatic rings. The first-order chi connectivity index (χ1) is 10.0. The summed E-state index contributed by atoms with van der Waals surface area (Å²) in [6.07, 6.45) is 1.25. The number of benzene rings is 1. The zero-order valence-corrected chi connectivity index (χ0v) is 12.6. The summed E-state index contributed by atoms with van der Waals surface area (Å²) in [5.74, 6) is -1.47. The lowest BCUT2D eigenvalue weighted by Crippen LogP contribution is -2.35.